The number of amides is 3. The number of carbonyl (C=O) groups excluding carboxylic acids is 2. The number of carbonyl (C=O) groups is 2. The van der Waals surface area contributed by atoms with E-state index < -0.39 is 55.1 Å². The van der Waals surface area contributed by atoms with Gasteiger partial charge in [-0.3, -0.25) is 4.79 Å². The molecule has 0 spiro atoms. The lowest BCUT2D eigenvalue weighted by Gasteiger charge is -2.32. The molecule has 2 aliphatic carbocycles. The Kier molecular flexibility index (Phi) is 10.00. The zero-order valence-electron chi connectivity index (χ0n) is 24.0. The molecule has 1 atom stereocenters. The molecule has 3 aromatic rings. The van der Waals surface area contributed by atoms with E-state index in [1.54, 1.807) is 20.3 Å². The fraction of sp³-hybridized carbons (Fsp3) is 0.615. The van der Waals surface area contributed by atoms with Gasteiger partial charge in [0.2, 0.25) is 5.92 Å². The number of aromatic nitrogens is 5. The number of rotatable bonds is 6. The molecule has 44 heavy (non-hydrogen) atoms. The second-order valence-electron chi connectivity index (χ2n) is 10.8. The molecule has 0 aromatic carbocycles. The van der Waals surface area contributed by atoms with Gasteiger partial charge in [0.25, 0.3) is 17.8 Å². The smallest absolute Gasteiger partial charge is 0.318 e. The molecule has 1 aliphatic heterocycles. The Morgan fingerprint density at radius 2 is 1.80 bits per heavy atom. The SMILES string of the molecule is COC.FC1(F)CCCCC1.O=C(NCc1cn2ncc(CN3CC(F)(F)CNC3=O)cc2n1)c1nonc1C1CC1(F)F. The Labute approximate surface area is 247 Å². The van der Waals surface area contributed by atoms with Crippen LogP contribution in [0.1, 0.15) is 71.9 Å². The van der Waals surface area contributed by atoms with Gasteiger partial charge in [0.15, 0.2) is 11.3 Å². The molecule has 0 radical (unpaired) electrons. The third-order valence-electron chi connectivity index (χ3n) is 6.91. The zero-order valence-corrected chi connectivity index (χ0v) is 24.0. The maximum Gasteiger partial charge on any atom is 0.318 e. The third-order valence-corrected chi connectivity index (χ3v) is 6.91. The maximum absolute atomic E-state index is 13.6. The first kappa shape index (κ1) is 32.9. The molecular formula is C26H32F6N8O4. The highest BCUT2D eigenvalue weighted by Gasteiger charge is 2.60. The van der Waals surface area contributed by atoms with Crippen molar-refractivity contribution in [3.8, 4) is 0 Å². The largest absolute Gasteiger partial charge is 0.388 e. The van der Waals surface area contributed by atoms with E-state index in [1.165, 1.54) is 16.9 Å². The number of ether oxygens (including phenoxy) is 1. The van der Waals surface area contributed by atoms with E-state index in [-0.39, 0.29) is 37.3 Å². The van der Waals surface area contributed by atoms with Crippen LogP contribution in [0.2, 0.25) is 0 Å². The van der Waals surface area contributed by atoms with Crippen LogP contribution in [0.5, 0.6) is 0 Å². The van der Waals surface area contributed by atoms with E-state index in [0.29, 0.717) is 29.7 Å². The molecule has 1 unspecified atom stereocenters. The van der Waals surface area contributed by atoms with Crippen LogP contribution in [0.4, 0.5) is 31.1 Å². The van der Waals surface area contributed by atoms with E-state index in [9.17, 15) is 35.9 Å². The van der Waals surface area contributed by atoms with Crippen molar-refractivity contribution in [1.29, 1.82) is 0 Å². The maximum atomic E-state index is 13.6. The summed E-state index contributed by atoms with van der Waals surface area (Å²) >= 11 is 0. The number of hydrogen-bond donors (Lipinski definition) is 2. The van der Waals surface area contributed by atoms with Crippen LogP contribution >= 0.6 is 0 Å². The van der Waals surface area contributed by atoms with Gasteiger partial charge in [-0.05, 0) is 29.6 Å². The number of nitrogens with zero attached hydrogens (tertiary/aromatic N) is 6. The summed E-state index contributed by atoms with van der Waals surface area (Å²) in [6.07, 6.45) is 5.19. The van der Waals surface area contributed by atoms with Crippen LogP contribution in [0.15, 0.2) is 23.1 Å². The van der Waals surface area contributed by atoms with E-state index in [1.807, 2.05) is 0 Å². The van der Waals surface area contributed by atoms with Gasteiger partial charge in [0, 0.05) is 40.0 Å². The molecule has 2 N–H and O–H groups in total. The van der Waals surface area contributed by atoms with Crippen molar-refractivity contribution < 1.29 is 45.3 Å². The molecule has 3 fully saturated rings. The normalized spacial score (nSPS) is 21.3. The van der Waals surface area contributed by atoms with E-state index in [0.717, 1.165) is 11.3 Å². The lowest BCUT2D eigenvalue weighted by Crippen LogP contribution is -2.56. The lowest BCUT2D eigenvalue weighted by molar-refractivity contribution is -0.0368. The monoisotopic (exact) mass is 634 g/mol. The number of nitrogens with one attached hydrogen (secondary N) is 2. The Morgan fingerprint density at radius 1 is 1.11 bits per heavy atom. The van der Waals surface area contributed by atoms with Gasteiger partial charge in [0.1, 0.15) is 5.69 Å². The Morgan fingerprint density at radius 3 is 2.41 bits per heavy atom. The summed E-state index contributed by atoms with van der Waals surface area (Å²) in [5.74, 6) is -10.2. The summed E-state index contributed by atoms with van der Waals surface area (Å²) in [4.78, 5) is 29.5. The fourth-order valence-corrected chi connectivity index (χ4v) is 4.62. The molecule has 6 rings (SSSR count). The molecule has 3 aliphatic rings. The van der Waals surface area contributed by atoms with Crippen LogP contribution in [0.3, 0.4) is 0 Å². The van der Waals surface area contributed by atoms with Gasteiger partial charge in [-0.1, -0.05) is 11.6 Å². The standard InChI is InChI=1S/C18H16F4N8O3.C6H10F2.C2H6O/c19-17(20)7-24-16(32)29(8-17)5-9-1-12-26-10(6-30(12)25-3-9)4-23-15(31)14-13(27-33-28-14)11-2-18(11,21)22;7-6(8)4-2-1-3-5-6;1-3-2/h1,3,6,11H,2,4-5,7-8H2,(H,23,31)(H,24,32);1-5H2;1-2H3. The predicted molar refractivity (Wildman–Crippen MR) is 140 cm³/mol. The van der Waals surface area contributed by atoms with Crippen molar-refractivity contribution >= 4 is 17.6 Å². The second-order valence-corrected chi connectivity index (χ2v) is 10.8. The molecule has 4 heterocycles. The van der Waals surface area contributed by atoms with Gasteiger partial charge < -0.3 is 20.3 Å². The third kappa shape index (κ3) is 8.57. The van der Waals surface area contributed by atoms with Crippen molar-refractivity contribution in [1.82, 2.24) is 40.4 Å². The number of halogens is 6. The Bertz CT molecular complexity index is 1440. The van der Waals surface area contributed by atoms with Gasteiger partial charge in [-0.15, -0.1) is 0 Å². The number of hydrogen-bond acceptors (Lipinski definition) is 8. The summed E-state index contributed by atoms with van der Waals surface area (Å²) in [6.45, 7) is -1.56. The van der Waals surface area contributed by atoms with Gasteiger partial charge in [0.05, 0.1) is 43.6 Å². The molecular weight excluding hydrogens is 602 g/mol. The highest BCUT2D eigenvalue weighted by molar-refractivity contribution is 5.93. The average Bonchev–Trinajstić information content (AvgIpc) is 3.29. The van der Waals surface area contributed by atoms with Gasteiger partial charge in [-0.25, -0.2) is 45.3 Å². The van der Waals surface area contributed by atoms with Crippen molar-refractivity contribution in [3.05, 3.63) is 41.1 Å². The number of alkyl halides is 6. The van der Waals surface area contributed by atoms with Crippen LogP contribution in [-0.4, -0.2) is 86.8 Å². The summed E-state index contributed by atoms with van der Waals surface area (Å²) in [5.41, 5.74) is 0.747. The predicted octanol–water partition coefficient (Wildman–Crippen LogP) is 4.17. The summed E-state index contributed by atoms with van der Waals surface area (Å²) in [6, 6.07) is 0.978. The van der Waals surface area contributed by atoms with Crippen molar-refractivity contribution in [2.24, 2.45) is 0 Å². The first-order chi connectivity index (χ1) is 20.7. The molecule has 12 nitrogen and oxygen atoms in total. The Balaban J connectivity index is 0.000000342. The minimum absolute atomic E-state index is 0.0638. The van der Waals surface area contributed by atoms with Crippen molar-refractivity contribution in [2.75, 3.05) is 27.3 Å². The number of fused-ring (bicyclic) bond motifs is 1. The first-order valence-electron chi connectivity index (χ1n) is 13.7. The molecule has 18 heteroatoms. The number of urea groups is 1. The van der Waals surface area contributed by atoms with Crippen molar-refractivity contribution in [3.63, 3.8) is 0 Å². The summed E-state index contributed by atoms with van der Waals surface area (Å²) in [7, 11) is 3.25. The molecule has 2 saturated carbocycles. The fourth-order valence-electron chi connectivity index (χ4n) is 4.62. The lowest BCUT2D eigenvalue weighted by atomic mass is 9.97. The first-order valence-corrected chi connectivity index (χ1v) is 13.7. The molecule has 0 bridgehead atoms. The second kappa shape index (κ2) is 13.4. The van der Waals surface area contributed by atoms with Crippen LogP contribution < -0.4 is 10.6 Å². The molecule has 3 amide bonds. The number of methoxy groups -OCH3 is 1. The average molecular weight is 635 g/mol. The van der Waals surface area contributed by atoms with E-state index >= 15 is 0 Å². The van der Waals surface area contributed by atoms with Crippen molar-refractivity contribution in [2.45, 2.75) is 75.3 Å². The highest BCUT2D eigenvalue weighted by atomic mass is 19.3. The summed E-state index contributed by atoms with van der Waals surface area (Å²) in [5, 5.41) is 15.6. The molecule has 3 aromatic heterocycles. The molecule has 242 valence electrons. The quantitative estimate of drug-likeness (QED) is 0.385. The Hall–Kier alpha value is -3.96. The van der Waals surface area contributed by atoms with Crippen LogP contribution in [0.25, 0.3) is 5.65 Å². The highest BCUT2D eigenvalue weighted by Crippen LogP contribution is 2.55. The minimum Gasteiger partial charge on any atom is -0.388 e. The van der Waals surface area contributed by atoms with E-state index in [4.69, 9.17) is 0 Å². The topological polar surface area (TPSA) is 140 Å². The zero-order chi connectivity index (χ0) is 32.1. The number of imidazole rings is 1. The molecule has 1 saturated heterocycles. The van der Waals surface area contributed by atoms with Crippen LogP contribution in [-0.2, 0) is 17.8 Å². The van der Waals surface area contributed by atoms with Gasteiger partial charge >= 0.3 is 6.03 Å². The van der Waals surface area contributed by atoms with Crippen LogP contribution in [0, 0.1) is 0 Å². The van der Waals surface area contributed by atoms with Gasteiger partial charge in [-0.2, -0.15) is 5.10 Å². The summed E-state index contributed by atoms with van der Waals surface area (Å²) < 4.78 is 88.2. The minimum atomic E-state index is -3.03. The van der Waals surface area contributed by atoms with E-state index in [2.05, 4.69) is 40.4 Å².